The molecule has 0 bridgehead atoms. The molecule has 0 saturated heterocycles. The Morgan fingerprint density at radius 1 is 1.15 bits per heavy atom. The molecule has 0 spiro atoms. The minimum Gasteiger partial charge on any atom is -0.467 e. The Morgan fingerprint density at radius 2 is 1.70 bits per heavy atom. The Kier molecular flexibility index (Phi) is 7.32. The Balaban J connectivity index is 4.63. The maximum absolute atomic E-state index is 11.7. The molecule has 5 nitrogen and oxygen atoms in total. The first-order chi connectivity index (χ1) is 9.06. The molecule has 0 aliphatic rings. The van der Waals surface area contributed by atoms with Crippen molar-refractivity contribution in [2.75, 3.05) is 7.11 Å². The normalized spacial score (nSPS) is 12.3. The van der Waals surface area contributed by atoms with Crippen LogP contribution in [0, 0.1) is 0 Å². The van der Waals surface area contributed by atoms with Gasteiger partial charge in [-0.15, -0.1) is 0 Å². The Bertz CT molecular complexity index is 376. The van der Waals surface area contributed by atoms with Crippen molar-refractivity contribution in [2.24, 2.45) is 0 Å². The second-order valence-corrected chi connectivity index (χ2v) is 6.04. The third kappa shape index (κ3) is 7.81. The SMILES string of the molecule is COC(=O)[C@H](CCC(C)=C(C)C)NC(=O)OC(C)(C)C. The minimum atomic E-state index is -0.691. The van der Waals surface area contributed by atoms with E-state index in [0.29, 0.717) is 6.42 Å². The molecule has 0 aliphatic carbocycles. The second kappa shape index (κ2) is 7.92. The summed E-state index contributed by atoms with van der Waals surface area (Å²) in [5, 5.41) is 2.56. The maximum atomic E-state index is 11.7. The van der Waals surface area contributed by atoms with Crippen LogP contribution in [0.3, 0.4) is 0 Å². The number of ether oxygens (including phenoxy) is 2. The van der Waals surface area contributed by atoms with Gasteiger partial charge < -0.3 is 14.8 Å². The van der Waals surface area contributed by atoms with E-state index in [-0.39, 0.29) is 0 Å². The summed E-state index contributed by atoms with van der Waals surface area (Å²) in [6.45, 7) is 11.4. The Morgan fingerprint density at radius 3 is 2.10 bits per heavy atom. The molecule has 0 aliphatic heterocycles. The molecule has 0 aromatic heterocycles. The van der Waals surface area contributed by atoms with E-state index in [0.717, 1.165) is 6.42 Å². The molecule has 0 unspecified atom stereocenters. The van der Waals surface area contributed by atoms with Crippen molar-refractivity contribution in [3.8, 4) is 0 Å². The lowest BCUT2D eigenvalue weighted by atomic mass is 10.0. The lowest BCUT2D eigenvalue weighted by molar-refractivity contribution is -0.143. The van der Waals surface area contributed by atoms with Crippen molar-refractivity contribution in [2.45, 2.75) is 66.0 Å². The number of esters is 1. The first-order valence-electron chi connectivity index (χ1n) is 6.77. The van der Waals surface area contributed by atoms with E-state index in [9.17, 15) is 9.59 Å². The van der Waals surface area contributed by atoms with Crippen LogP contribution in [0.15, 0.2) is 11.1 Å². The molecule has 20 heavy (non-hydrogen) atoms. The summed E-state index contributed by atoms with van der Waals surface area (Å²) in [6.07, 6.45) is 0.601. The molecule has 0 aromatic rings. The average Bonchev–Trinajstić information content (AvgIpc) is 2.30. The van der Waals surface area contributed by atoms with E-state index in [1.807, 2.05) is 20.8 Å². The zero-order valence-electron chi connectivity index (χ0n) is 13.6. The number of nitrogens with one attached hydrogen (secondary N) is 1. The van der Waals surface area contributed by atoms with Crippen LogP contribution < -0.4 is 5.32 Å². The molecule has 0 rings (SSSR count). The van der Waals surface area contributed by atoms with Gasteiger partial charge in [-0.1, -0.05) is 11.1 Å². The third-order valence-corrected chi connectivity index (χ3v) is 2.84. The van der Waals surface area contributed by atoms with Crippen molar-refractivity contribution in [1.29, 1.82) is 0 Å². The van der Waals surface area contributed by atoms with Gasteiger partial charge in [0.1, 0.15) is 11.6 Å². The summed E-state index contributed by atoms with van der Waals surface area (Å²) in [5.74, 6) is -0.461. The molecular weight excluding hydrogens is 258 g/mol. The van der Waals surface area contributed by atoms with Crippen molar-refractivity contribution >= 4 is 12.1 Å². The fourth-order valence-corrected chi connectivity index (χ4v) is 1.45. The first-order valence-corrected chi connectivity index (χ1v) is 6.77. The molecule has 0 heterocycles. The van der Waals surface area contributed by atoms with E-state index in [2.05, 4.69) is 5.32 Å². The topological polar surface area (TPSA) is 64.6 Å². The van der Waals surface area contributed by atoms with Crippen LogP contribution in [0.4, 0.5) is 4.79 Å². The van der Waals surface area contributed by atoms with Gasteiger partial charge in [-0.3, -0.25) is 0 Å². The summed E-state index contributed by atoms with van der Waals surface area (Å²) in [5.41, 5.74) is 1.82. The van der Waals surface area contributed by atoms with Gasteiger partial charge in [0, 0.05) is 0 Å². The fourth-order valence-electron chi connectivity index (χ4n) is 1.45. The molecular formula is C15H27NO4. The van der Waals surface area contributed by atoms with Crippen molar-refractivity contribution in [3.05, 3.63) is 11.1 Å². The highest BCUT2D eigenvalue weighted by Crippen LogP contribution is 2.13. The second-order valence-electron chi connectivity index (χ2n) is 6.04. The lowest BCUT2D eigenvalue weighted by Gasteiger charge is -2.22. The summed E-state index contributed by atoms with van der Waals surface area (Å²) in [4.78, 5) is 23.4. The number of hydrogen-bond acceptors (Lipinski definition) is 4. The minimum absolute atomic E-state index is 0.461. The summed E-state index contributed by atoms with van der Waals surface area (Å²) < 4.78 is 9.86. The largest absolute Gasteiger partial charge is 0.467 e. The van der Waals surface area contributed by atoms with Crippen molar-refractivity contribution in [1.82, 2.24) is 5.32 Å². The van der Waals surface area contributed by atoms with Crippen molar-refractivity contribution in [3.63, 3.8) is 0 Å². The Hall–Kier alpha value is -1.52. The number of rotatable bonds is 5. The van der Waals surface area contributed by atoms with Gasteiger partial charge in [0.25, 0.3) is 0 Å². The molecule has 1 atom stereocenters. The molecule has 5 heteroatoms. The molecule has 0 aromatic carbocycles. The summed E-state index contributed by atoms with van der Waals surface area (Å²) in [6, 6.07) is -0.691. The van der Waals surface area contributed by atoms with Gasteiger partial charge in [0.15, 0.2) is 0 Å². The van der Waals surface area contributed by atoms with Gasteiger partial charge in [-0.2, -0.15) is 0 Å². The summed E-state index contributed by atoms with van der Waals surface area (Å²) >= 11 is 0. The van der Waals surface area contributed by atoms with Crippen LogP contribution in [-0.2, 0) is 14.3 Å². The molecule has 1 N–H and O–H groups in total. The number of alkyl carbamates (subject to hydrolysis) is 1. The standard InChI is InChI=1S/C15H27NO4/c1-10(2)11(3)8-9-12(13(17)19-7)16-14(18)20-15(4,5)6/h12H,8-9H2,1-7H3,(H,16,18)/t12-/m0/s1. The van der Waals surface area contributed by atoms with E-state index in [1.165, 1.54) is 18.3 Å². The predicted molar refractivity (Wildman–Crippen MR) is 78.5 cm³/mol. The van der Waals surface area contributed by atoms with E-state index in [4.69, 9.17) is 9.47 Å². The quantitative estimate of drug-likeness (QED) is 0.622. The summed E-state index contributed by atoms with van der Waals surface area (Å²) in [7, 11) is 1.31. The number of carbonyl (C=O) groups is 2. The average molecular weight is 285 g/mol. The molecule has 116 valence electrons. The third-order valence-electron chi connectivity index (χ3n) is 2.84. The monoisotopic (exact) mass is 285 g/mol. The van der Waals surface area contributed by atoms with E-state index in [1.54, 1.807) is 20.8 Å². The number of amides is 1. The fraction of sp³-hybridized carbons (Fsp3) is 0.733. The molecule has 0 radical (unpaired) electrons. The smallest absolute Gasteiger partial charge is 0.408 e. The number of allylic oxidation sites excluding steroid dienone is 2. The van der Waals surface area contributed by atoms with Gasteiger partial charge in [-0.05, 0) is 54.4 Å². The van der Waals surface area contributed by atoms with Crippen LogP contribution >= 0.6 is 0 Å². The molecule has 0 saturated carbocycles. The maximum Gasteiger partial charge on any atom is 0.408 e. The highest BCUT2D eigenvalue weighted by atomic mass is 16.6. The van der Waals surface area contributed by atoms with Crippen LogP contribution in [0.25, 0.3) is 0 Å². The zero-order chi connectivity index (χ0) is 15.9. The van der Waals surface area contributed by atoms with E-state index < -0.39 is 23.7 Å². The van der Waals surface area contributed by atoms with Crippen LogP contribution in [0.1, 0.15) is 54.4 Å². The molecule has 0 fully saturated rings. The number of carbonyl (C=O) groups excluding carboxylic acids is 2. The predicted octanol–water partition coefficient (Wildman–Crippen LogP) is 3.19. The van der Waals surface area contributed by atoms with Gasteiger partial charge in [0.2, 0.25) is 0 Å². The lowest BCUT2D eigenvalue weighted by Crippen LogP contribution is -2.44. The number of hydrogen-bond donors (Lipinski definition) is 1. The van der Waals surface area contributed by atoms with Crippen LogP contribution in [0.2, 0.25) is 0 Å². The van der Waals surface area contributed by atoms with Crippen LogP contribution in [0.5, 0.6) is 0 Å². The van der Waals surface area contributed by atoms with Crippen LogP contribution in [-0.4, -0.2) is 30.8 Å². The molecule has 1 amide bonds. The highest BCUT2D eigenvalue weighted by Gasteiger charge is 2.24. The van der Waals surface area contributed by atoms with Gasteiger partial charge >= 0.3 is 12.1 Å². The highest BCUT2D eigenvalue weighted by molar-refractivity contribution is 5.81. The Labute approximate surface area is 121 Å². The van der Waals surface area contributed by atoms with E-state index >= 15 is 0 Å². The number of methoxy groups -OCH3 is 1. The van der Waals surface area contributed by atoms with Crippen molar-refractivity contribution < 1.29 is 19.1 Å². The zero-order valence-corrected chi connectivity index (χ0v) is 13.6. The van der Waals surface area contributed by atoms with Gasteiger partial charge in [-0.25, -0.2) is 9.59 Å². The first kappa shape index (κ1) is 18.5. The van der Waals surface area contributed by atoms with Gasteiger partial charge in [0.05, 0.1) is 7.11 Å².